The van der Waals surface area contributed by atoms with Gasteiger partial charge in [0.2, 0.25) is 0 Å². The fraction of sp³-hybridized carbons (Fsp3) is 0.182. The monoisotopic (exact) mass is 378 g/mol. The first-order chi connectivity index (χ1) is 13.6. The van der Waals surface area contributed by atoms with Crippen LogP contribution in [0.2, 0.25) is 0 Å². The summed E-state index contributed by atoms with van der Waals surface area (Å²) in [6.07, 6.45) is 1.75. The molecule has 0 radical (unpaired) electrons. The maximum Gasteiger partial charge on any atom is 0.255 e. The molecule has 0 aliphatic rings. The van der Waals surface area contributed by atoms with E-state index in [9.17, 15) is 9.59 Å². The molecule has 0 saturated heterocycles. The normalized spacial score (nSPS) is 10.4. The molecule has 1 amide bonds. The lowest BCUT2D eigenvalue weighted by Crippen LogP contribution is -2.18. The van der Waals surface area contributed by atoms with Crippen LogP contribution in [0.15, 0.2) is 71.7 Å². The quantitative estimate of drug-likeness (QED) is 0.683. The molecule has 0 fully saturated rings. The topological polar surface area (TPSA) is 69.6 Å². The summed E-state index contributed by atoms with van der Waals surface area (Å²) in [6.45, 7) is 2.88. The Morgan fingerprint density at radius 3 is 2.50 bits per heavy atom. The third-order valence-corrected chi connectivity index (χ3v) is 4.19. The van der Waals surface area contributed by atoms with E-state index in [1.54, 1.807) is 35.0 Å². The van der Waals surface area contributed by atoms with Gasteiger partial charge >= 0.3 is 0 Å². The lowest BCUT2D eigenvalue weighted by Gasteiger charge is -2.11. The molecule has 3 aromatic rings. The third-order valence-electron chi connectivity index (χ3n) is 4.19. The number of rotatable bonds is 7. The van der Waals surface area contributed by atoms with Crippen molar-refractivity contribution in [3.63, 3.8) is 0 Å². The van der Waals surface area contributed by atoms with Crippen LogP contribution in [0.4, 0.5) is 5.69 Å². The molecule has 6 nitrogen and oxygen atoms in total. The Morgan fingerprint density at radius 2 is 1.82 bits per heavy atom. The number of hydrogen-bond acceptors (Lipinski definition) is 4. The summed E-state index contributed by atoms with van der Waals surface area (Å²) in [4.78, 5) is 24.3. The molecule has 6 heteroatoms. The minimum atomic E-state index is -0.242. The van der Waals surface area contributed by atoms with Gasteiger partial charge in [-0.1, -0.05) is 18.2 Å². The number of methoxy groups -OCH3 is 1. The van der Waals surface area contributed by atoms with Gasteiger partial charge < -0.3 is 19.4 Å². The van der Waals surface area contributed by atoms with Crippen LogP contribution in [0.1, 0.15) is 22.8 Å². The fourth-order valence-corrected chi connectivity index (χ4v) is 2.77. The molecule has 0 aliphatic heterocycles. The smallest absolute Gasteiger partial charge is 0.255 e. The first-order valence-electron chi connectivity index (χ1n) is 8.97. The summed E-state index contributed by atoms with van der Waals surface area (Å²) in [5, 5.41) is 2.86. The molecule has 1 heterocycles. The first kappa shape index (κ1) is 19.2. The van der Waals surface area contributed by atoms with E-state index in [1.165, 1.54) is 13.2 Å². The van der Waals surface area contributed by atoms with Crippen molar-refractivity contribution in [1.82, 2.24) is 4.57 Å². The average Bonchev–Trinajstić information content (AvgIpc) is 2.71. The SMILES string of the molecule is CCOc1ccc(C(=O)Nc2ccc(Cn3ccccc3=O)cc2)cc1OC. The van der Waals surface area contributed by atoms with Crippen LogP contribution in [0.3, 0.4) is 0 Å². The number of amides is 1. The molecule has 1 aromatic heterocycles. The van der Waals surface area contributed by atoms with Gasteiger partial charge in [0.1, 0.15) is 0 Å². The van der Waals surface area contributed by atoms with E-state index in [-0.39, 0.29) is 11.5 Å². The maximum absolute atomic E-state index is 12.5. The number of carbonyl (C=O) groups excluding carboxylic acids is 1. The molecule has 3 rings (SSSR count). The number of aromatic nitrogens is 1. The molecule has 0 aliphatic carbocycles. The minimum absolute atomic E-state index is 0.0515. The molecule has 0 bridgehead atoms. The fourth-order valence-electron chi connectivity index (χ4n) is 2.77. The average molecular weight is 378 g/mol. The van der Waals surface area contributed by atoms with Crippen LogP contribution in [-0.4, -0.2) is 24.2 Å². The van der Waals surface area contributed by atoms with Gasteiger partial charge in [-0.2, -0.15) is 0 Å². The molecule has 28 heavy (non-hydrogen) atoms. The molecular formula is C22H22N2O4. The van der Waals surface area contributed by atoms with Gasteiger partial charge in [-0.05, 0) is 48.9 Å². The number of pyridine rings is 1. The molecule has 0 atom stereocenters. The third kappa shape index (κ3) is 4.59. The zero-order chi connectivity index (χ0) is 19.9. The summed E-state index contributed by atoms with van der Waals surface area (Å²) >= 11 is 0. The number of anilines is 1. The van der Waals surface area contributed by atoms with Crippen molar-refractivity contribution in [2.75, 3.05) is 19.0 Å². The summed E-state index contributed by atoms with van der Waals surface area (Å²) in [5.41, 5.74) is 2.06. The summed E-state index contributed by atoms with van der Waals surface area (Å²) < 4.78 is 12.4. The van der Waals surface area contributed by atoms with Gasteiger partial charge in [0.05, 0.1) is 20.3 Å². The molecule has 0 unspecified atom stereocenters. The van der Waals surface area contributed by atoms with Crippen molar-refractivity contribution in [2.45, 2.75) is 13.5 Å². The minimum Gasteiger partial charge on any atom is -0.493 e. The van der Waals surface area contributed by atoms with E-state index in [4.69, 9.17) is 9.47 Å². The van der Waals surface area contributed by atoms with Crippen molar-refractivity contribution in [1.29, 1.82) is 0 Å². The van der Waals surface area contributed by atoms with Crippen LogP contribution in [-0.2, 0) is 6.54 Å². The molecular weight excluding hydrogens is 356 g/mol. The van der Waals surface area contributed by atoms with Crippen LogP contribution in [0.25, 0.3) is 0 Å². The lowest BCUT2D eigenvalue weighted by atomic mass is 10.1. The number of carbonyl (C=O) groups is 1. The van der Waals surface area contributed by atoms with Crippen LogP contribution in [0.5, 0.6) is 11.5 Å². The first-order valence-corrected chi connectivity index (χ1v) is 8.97. The Balaban J connectivity index is 1.69. The van der Waals surface area contributed by atoms with Crippen molar-refractivity contribution in [2.24, 2.45) is 0 Å². The molecule has 144 valence electrons. The molecule has 0 saturated carbocycles. The molecule has 1 N–H and O–H groups in total. The van der Waals surface area contributed by atoms with Gasteiger partial charge in [0, 0.05) is 23.5 Å². The Bertz CT molecular complexity index is 1010. The number of nitrogens with one attached hydrogen (secondary N) is 1. The van der Waals surface area contributed by atoms with Crippen LogP contribution in [0, 0.1) is 0 Å². The lowest BCUT2D eigenvalue weighted by molar-refractivity contribution is 0.102. The summed E-state index contributed by atoms with van der Waals surface area (Å²) in [7, 11) is 1.54. The Morgan fingerprint density at radius 1 is 1.04 bits per heavy atom. The van der Waals surface area contributed by atoms with E-state index in [1.807, 2.05) is 37.3 Å². The van der Waals surface area contributed by atoms with E-state index in [0.29, 0.717) is 35.9 Å². The summed E-state index contributed by atoms with van der Waals surface area (Å²) in [6, 6.07) is 17.5. The van der Waals surface area contributed by atoms with Crippen molar-refractivity contribution in [3.8, 4) is 11.5 Å². The van der Waals surface area contributed by atoms with Crippen LogP contribution < -0.4 is 20.3 Å². The second-order valence-corrected chi connectivity index (χ2v) is 6.12. The predicted octanol–water partition coefficient (Wildman–Crippen LogP) is 3.56. The Labute approximate surface area is 163 Å². The zero-order valence-electron chi connectivity index (χ0n) is 15.8. The second kappa shape index (κ2) is 8.90. The zero-order valence-corrected chi connectivity index (χ0v) is 15.8. The van der Waals surface area contributed by atoms with E-state index in [0.717, 1.165) is 5.56 Å². The number of benzene rings is 2. The van der Waals surface area contributed by atoms with Gasteiger partial charge in [0.15, 0.2) is 11.5 Å². The van der Waals surface area contributed by atoms with E-state index >= 15 is 0 Å². The Kier molecular flexibility index (Phi) is 6.11. The Hall–Kier alpha value is -3.54. The van der Waals surface area contributed by atoms with Crippen molar-refractivity contribution < 1.29 is 14.3 Å². The van der Waals surface area contributed by atoms with Crippen molar-refractivity contribution >= 4 is 11.6 Å². The van der Waals surface area contributed by atoms with E-state index in [2.05, 4.69) is 5.32 Å². The van der Waals surface area contributed by atoms with Gasteiger partial charge in [0.25, 0.3) is 11.5 Å². The van der Waals surface area contributed by atoms with Gasteiger partial charge in [-0.15, -0.1) is 0 Å². The highest BCUT2D eigenvalue weighted by Gasteiger charge is 2.11. The highest BCUT2D eigenvalue weighted by molar-refractivity contribution is 6.04. The predicted molar refractivity (Wildman–Crippen MR) is 108 cm³/mol. The highest BCUT2D eigenvalue weighted by atomic mass is 16.5. The molecule has 2 aromatic carbocycles. The number of nitrogens with zero attached hydrogens (tertiary/aromatic N) is 1. The summed E-state index contributed by atoms with van der Waals surface area (Å²) in [5.74, 6) is 0.869. The van der Waals surface area contributed by atoms with E-state index < -0.39 is 0 Å². The largest absolute Gasteiger partial charge is 0.493 e. The second-order valence-electron chi connectivity index (χ2n) is 6.12. The van der Waals surface area contributed by atoms with Crippen molar-refractivity contribution in [3.05, 3.63) is 88.3 Å². The van der Waals surface area contributed by atoms with Gasteiger partial charge in [-0.3, -0.25) is 9.59 Å². The number of hydrogen-bond donors (Lipinski definition) is 1. The number of ether oxygens (including phenoxy) is 2. The van der Waals surface area contributed by atoms with Crippen LogP contribution >= 0.6 is 0 Å². The van der Waals surface area contributed by atoms with Gasteiger partial charge in [-0.25, -0.2) is 0 Å². The standard InChI is InChI=1S/C22H22N2O4/c1-3-28-19-12-9-17(14-20(19)27-2)22(26)23-18-10-7-16(8-11-18)15-24-13-5-4-6-21(24)25/h4-14H,3,15H2,1-2H3,(H,23,26). The highest BCUT2D eigenvalue weighted by Crippen LogP contribution is 2.28. The maximum atomic E-state index is 12.5. The molecule has 0 spiro atoms.